The Morgan fingerprint density at radius 1 is 1.39 bits per heavy atom. The summed E-state index contributed by atoms with van der Waals surface area (Å²) in [4.78, 5) is 31.8. The molecule has 2 fully saturated rings. The van der Waals surface area contributed by atoms with Gasteiger partial charge < -0.3 is 19.3 Å². The average molecular weight is 319 g/mol. The van der Waals surface area contributed by atoms with Crippen LogP contribution in [0.1, 0.15) is 23.2 Å². The van der Waals surface area contributed by atoms with Gasteiger partial charge in [0.2, 0.25) is 11.8 Å². The Labute approximate surface area is 135 Å². The molecule has 124 valence electrons. The van der Waals surface area contributed by atoms with E-state index in [-0.39, 0.29) is 24.0 Å². The number of hydrogen-bond donors (Lipinski definition) is 0. The summed E-state index contributed by atoms with van der Waals surface area (Å²) < 4.78 is 11.0. The van der Waals surface area contributed by atoms with E-state index in [1.165, 1.54) is 7.11 Å². The normalized spacial score (nSPS) is 20.7. The highest BCUT2D eigenvalue weighted by Gasteiger charge is 2.42. The summed E-state index contributed by atoms with van der Waals surface area (Å²) in [5.74, 6) is 0.274. The molecule has 0 unspecified atom stereocenters. The van der Waals surface area contributed by atoms with Gasteiger partial charge in [-0.2, -0.15) is 0 Å². The van der Waals surface area contributed by atoms with Crippen LogP contribution in [0.5, 0.6) is 5.88 Å². The van der Waals surface area contributed by atoms with Crippen LogP contribution in [0.15, 0.2) is 18.3 Å². The van der Waals surface area contributed by atoms with Crippen molar-refractivity contribution in [1.29, 1.82) is 0 Å². The fourth-order valence-electron chi connectivity index (χ4n) is 3.20. The molecule has 1 spiro atoms. The van der Waals surface area contributed by atoms with Crippen LogP contribution in [0.4, 0.5) is 0 Å². The zero-order valence-corrected chi connectivity index (χ0v) is 13.4. The number of methoxy groups -OCH3 is 1. The highest BCUT2D eigenvalue weighted by molar-refractivity contribution is 5.96. The number of ether oxygens (including phenoxy) is 2. The van der Waals surface area contributed by atoms with Crippen LogP contribution in [0, 0.1) is 0 Å². The van der Waals surface area contributed by atoms with Crippen molar-refractivity contribution in [3.63, 3.8) is 0 Å². The molecule has 2 aliphatic rings. The summed E-state index contributed by atoms with van der Waals surface area (Å²) in [6.07, 6.45) is 3.04. The first-order chi connectivity index (χ1) is 11.0. The molecule has 0 radical (unpaired) electrons. The first-order valence-corrected chi connectivity index (χ1v) is 7.71. The SMILES string of the molecule is COc1ncccc1C(=O)N1CCC2(CC1)CN(C)C(=O)CO2. The predicted molar refractivity (Wildman–Crippen MR) is 82.2 cm³/mol. The molecule has 1 aromatic heterocycles. The minimum Gasteiger partial charge on any atom is -0.480 e. The fraction of sp³-hybridized carbons (Fsp3) is 0.562. The van der Waals surface area contributed by atoms with Crippen LogP contribution in [-0.2, 0) is 9.53 Å². The van der Waals surface area contributed by atoms with Crippen molar-refractivity contribution in [1.82, 2.24) is 14.8 Å². The summed E-state index contributed by atoms with van der Waals surface area (Å²) in [7, 11) is 3.30. The van der Waals surface area contributed by atoms with Gasteiger partial charge in [0, 0.05) is 32.9 Å². The van der Waals surface area contributed by atoms with Crippen LogP contribution in [0.25, 0.3) is 0 Å². The van der Waals surface area contributed by atoms with Crippen molar-refractivity contribution >= 4 is 11.8 Å². The number of amides is 2. The van der Waals surface area contributed by atoms with E-state index in [0.29, 0.717) is 31.1 Å². The molecule has 0 bridgehead atoms. The summed E-state index contributed by atoms with van der Waals surface area (Å²) in [6.45, 7) is 1.91. The van der Waals surface area contributed by atoms with E-state index in [1.54, 1.807) is 35.2 Å². The Kier molecular flexibility index (Phi) is 4.21. The first kappa shape index (κ1) is 15.7. The molecule has 0 aromatic carbocycles. The molecule has 3 heterocycles. The third-order valence-electron chi connectivity index (χ3n) is 4.61. The summed E-state index contributed by atoms with van der Waals surface area (Å²) in [6, 6.07) is 3.45. The van der Waals surface area contributed by atoms with Crippen LogP contribution in [-0.4, -0.2) is 72.6 Å². The number of piperidine rings is 1. The van der Waals surface area contributed by atoms with Crippen LogP contribution in [0.3, 0.4) is 0 Å². The van der Waals surface area contributed by atoms with Crippen molar-refractivity contribution < 1.29 is 19.1 Å². The van der Waals surface area contributed by atoms with Gasteiger partial charge in [0.25, 0.3) is 5.91 Å². The molecule has 7 nitrogen and oxygen atoms in total. The number of carbonyl (C=O) groups is 2. The largest absolute Gasteiger partial charge is 0.480 e. The molecule has 7 heteroatoms. The number of hydrogen-bond acceptors (Lipinski definition) is 5. The van der Waals surface area contributed by atoms with Gasteiger partial charge in [-0.25, -0.2) is 4.98 Å². The number of likely N-dealkylation sites (tertiary alicyclic amines) is 1. The topological polar surface area (TPSA) is 72.0 Å². The molecular formula is C16H21N3O4. The lowest BCUT2D eigenvalue weighted by Crippen LogP contribution is -2.58. The number of pyridine rings is 1. The van der Waals surface area contributed by atoms with Gasteiger partial charge in [0.15, 0.2) is 0 Å². The fourth-order valence-corrected chi connectivity index (χ4v) is 3.20. The van der Waals surface area contributed by atoms with Gasteiger partial charge in [0.05, 0.1) is 12.7 Å². The molecule has 0 saturated carbocycles. The number of likely N-dealkylation sites (N-methyl/N-ethyl adjacent to an activating group) is 1. The lowest BCUT2D eigenvalue weighted by atomic mass is 9.89. The van der Waals surface area contributed by atoms with Crippen molar-refractivity contribution in [3.8, 4) is 5.88 Å². The molecule has 23 heavy (non-hydrogen) atoms. The molecule has 0 N–H and O–H groups in total. The lowest BCUT2D eigenvalue weighted by molar-refractivity contribution is -0.167. The van der Waals surface area contributed by atoms with Gasteiger partial charge >= 0.3 is 0 Å². The number of carbonyl (C=O) groups excluding carboxylic acids is 2. The summed E-state index contributed by atoms with van der Waals surface area (Å²) >= 11 is 0. The predicted octanol–water partition coefficient (Wildman–Crippen LogP) is 0.554. The molecule has 2 saturated heterocycles. The van der Waals surface area contributed by atoms with E-state index in [0.717, 1.165) is 12.8 Å². The van der Waals surface area contributed by atoms with Crippen molar-refractivity contribution in [3.05, 3.63) is 23.9 Å². The standard InChI is InChI=1S/C16H21N3O4/c1-18-11-16(23-10-13(18)20)5-8-19(9-6-16)15(21)12-4-3-7-17-14(12)22-2/h3-4,7H,5-6,8-11H2,1-2H3. The third kappa shape index (κ3) is 3.01. The Balaban J connectivity index is 1.67. The maximum absolute atomic E-state index is 12.7. The Bertz CT molecular complexity index is 611. The molecule has 0 atom stereocenters. The summed E-state index contributed by atoms with van der Waals surface area (Å²) in [5.41, 5.74) is 0.154. The Hall–Kier alpha value is -2.15. The number of morpholine rings is 1. The van der Waals surface area contributed by atoms with E-state index in [4.69, 9.17) is 9.47 Å². The van der Waals surface area contributed by atoms with E-state index in [9.17, 15) is 9.59 Å². The van der Waals surface area contributed by atoms with Crippen molar-refractivity contribution in [2.45, 2.75) is 18.4 Å². The maximum atomic E-state index is 12.7. The first-order valence-electron chi connectivity index (χ1n) is 7.71. The molecule has 2 aliphatic heterocycles. The van der Waals surface area contributed by atoms with E-state index in [1.807, 2.05) is 0 Å². The average Bonchev–Trinajstić information content (AvgIpc) is 2.59. The highest BCUT2D eigenvalue weighted by atomic mass is 16.5. The number of rotatable bonds is 2. The zero-order valence-electron chi connectivity index (χ0n) is 13.4. The van der Waals surface area contributed by atoms with Gasteiger partial charge in [0.1, 0.15) is 12.2 Å². The van der Waals surface area contributed by atoms with Gasteiger partial charge in [-0.1, -0.05) is 0 Å². The molecule has 3 rings (SSSR count). The van der Waals surface area contributed by atoms with Crippen LogP contribution >= 0.6 is 0 Å². The minimum absolute atomic E-state index is 0.00854. The number of nitrogens with zero attached hydrogens (tertiary/aromatic N) is 3. The van der Waals surface area contributed by atoms with Crippen LogP contribution < -0.4 is 4.74 Å². The smallest absolute Gasteiger partial charge is 0.259 e. The van der Waals surface area contributed by atoms with E-state index < -0.39 is 0 Å². The second-order valence-corrected chi connectivity index (χ2v) is 6.07. The molecular weight excluding hydrogens is 298 g/mol. The molecule has 2 amide bonds. The molecule has 0 aliphatic carbocycles. The van der Waals surface area contributed by atoms with Crippen LogP contribution in [0.2, 0.25) is 0 Å². The Morgan fingerprint density at radius 2 is 2.13 bits per heavy atom. The van der Waals surface area contributed by atoms with Gasteiger partial charge in [-0.3, -0.25) is 9.59 Å². The van der Waals surface area contributed by atoms with Gasteiger partial charge in [-0.05, 0) is 25.0 Å². The highest BCUT2D eigenvalue weighted by Crippen LogP contribution is 2.31. The second kappa shape index (κ2) is 6.16. The van der Waals surface area contributed by atoms with Crippen molar-refractivity contribution in [2.24, 2.45) is 0 Å². The monoisotopic (exact) mass is 319 g/mol. The van der Waals surface area contributed by atoms with E-state index in [2.05, 4.69) is 4.98 Å². The quantitative estimate of drug-likeness (QED) is 0.796. The summed E-state index contributed by atoms with van der Waals surface area (Å²) in [5, 5.41) is 0. The zero-order chi connectivity index (χ0) is 16.4. The Morgan fingerprint density at radius 3 is 2.78 bits per heavy atom. The lowest BCUT2D eigenvalue weighted by Gasteiger charge is -2.46. The van der Waals surface area contributed by atoms with Crippen molar-refractivity contribution in [2.75, 3.05) is 40.4 Å². The second-order valence-electron chi connectivity index (χ2n) is 6.07. The van der Waals surface area contributed by atoms with E-state index >= 15 is 0 Å². The maximum Gasteiger partial charge on any atom is 0.259 e. The van der Waals surface area contributed by atoms with Gasteiger partial charge in [-0.15, -0.1) is 0 Å². The third-order valence-corrected chi connectivity index (χ3v) is 4.61. The minimum atomic E-state index is -0.321. The molecule has 1 aromatic rings. The number of aromatic nitrogens is 1.